The van der Waals surface area contributed by atoms with E-state index in [1.807, 2.05) is 36.0 Å². The minimum Gasteiger partial charge on any atom is -0.312 e. The minimum atomic E-state index is -0.210. The van der Waals surface area contributed by atoms with Crippen molar-refractivity contribution in [2.24, 2.45) is 0 Å². The first-order valence-corrected chi connectivity index (χ1v) is 7.86. The topological polar surface area (TPSA) is 12.0 Å². The van der Waals surface area contributed by atoms with Gasteiger partial charge in [0.05, 0.1) is 4.47 Å². The third kappa shape index (κ3) is 4.64. The maximum Gasteiger partial charge on any atom is 0.137 e. The number of thioether (sulfide) groups is 1. The fourth-order valence-corrected chi connectivity index (χ4v) is 2.90. The van der Waals surface area contributed by atoms with Crippen LogP contribution in [-0.4, -0.2) is 12.3 Å². The highest BCUT2D eigenvalue weighted by Gasteiger charge is 2.04. The highest BCUT2D eigenvalue weighted by atomic mass is 79.9. The summed E-state index contributed by atoms with van der Waals surface area (Å²) in [5.41, 5.74) is 0.949. The molecular formula is C15H15BrFNS. The second-order valence-corrected chi connectivity index (χ2v) is 6.01. The first-order valence-electron chi connectivity index (χ1n) is 6.09. The molecule has 1 nitrogen and oxygen atoms in total. The van der Waals surface area contributed by atoms with E-state index in [1.165, 1.54) is 11.0 Å². The monoisotopic (exact) mass is 339 g/mol. The van der Waals surface area contributed by atoms with Gasteiger partial charge in [0.1, 0.15) is 5.82 Å². The largest absolute Gasteiger partial charge is 0.312 e. The van der Waals surface area contributed by atoms with Crippen LogP contribution in [-0.2, 0) is 6.54 Å². The van der Waals surface area contributed by atoms with Gasteiger partial charge in [-0.05, 0) is 39.7 Å². The molecule has 0 aliphatic rings. The Labute approximate surface area is 125 Å². The van der Waals surface area contributed by atoms with Gasteiger partial charge in [0.25, 0.3) is 0 Å². The summed E-state index contributed by atoms with van der Waals surface area (Å²) in [6.45, 7) is 1.57. The second kappa shape index (κ2) is 7.68. The summed E-state index contributed by atoms with van der Waals surface area (Å²) in [6, 6.07) is 15.4. The molecule has 0 heterocycles. The Morgan fingerprint density at radius 1 is 1.05 bits per heavy atom. The van der Waals surface area contributed by atoms with Crippen LogP contribution in [0.25, 0.3) is 0 Å². The van der Waals surface area contributed by atoms with E-state index < -0.39 is 0 Å². The lowest BCUT2D eigenvalue weighted by Gasteiger charge is -2.07. The Morgan fingerprint density at radius 3 is 2.63 bits per heavy atom. The summed E-state index contributed by atoms with van der Waals surface area (Å²) in [5, 5.41) is 3.32. The van der Waals surface area contributed by atoms with Crippen LogP contribution in [0.3, 0.4) is 0 Å². The van der Waals surface area contributed by atoms with Crippen molar-refractivity contribution in [2.75, 3.05) is 12.3 Å². The predicted octanol–water partition coefficient (Wildman–Crippen LogP) is 4.47. The summed E-state index contributed by atoms with van der Waals surface area (Å²) in [4.78, 5) is 1.27. The molecule has 0 amide bonds. The van der Waals surface area contributed by atoms with Gasteiger partial charge in [0.2, 0.25) is 0 Å². The highest BCUT2D eigenvalue weighted by Crippen LogP contribution is 2.20. The van der Waals surface area contributed by atoms with Crippen LogP contribution in [0.5, 0.6) is 0 Å². The van der Waals surface area contributed by atoms with Crippen LogP contribution in [0.1, 0.15) is 5.56 Å². The molecule has 2 aromatic rings. The van der Waals surface area contributed by atoms with Gasteiger partial charge in [-0.1, -0.05) is 30.3 Å². The summed E-state index contributed by atoms with van der Waals surface area (Å²) >= 11 is 5.08. The number of hydrogen-bond donors (Lipinski definition) is 1. The van der Waals surface area contributed by atoms with E-state index in [0.717, 1.165) is 17.9 Å². The van der Waals surface area contributed by atoms with Gasteiger partial charge in [-0.3, -0.25) is 0 Å². The third-order valence-electron chi connectivity index (χ3n) is 2.64. The Kier molecular flexibility index (Phi) is 5.89. The molecule has 2 rings (SSSR count). The zero-order valence-corrected chi connectivity index (χ0v) is 12.8. The molecule has 0 radical (unpaired) electrons. The van der Waals surface area contributed by atoms with Crippen LogP contribution in [0.4, 0.5) is 4.39 Å². The maximum atomic E-state index is 13.3. The number of nitrogens with one attached hydrogen (secondary N) is 1. The molecule has 100 valence electrons. The molecule has 0 fully saturated rings. The van der Waals surface area contributed by atoms with Crippen molar-refractivity contribution in [2.45, 2.75) is 11.4 Å². The molecule has 0 aromatic heterocycles. The quantitative estimate of drug-likeness (QED) is 0.615. The molecule has 0 unspecified atom stereocenters. The molecule has 0 atom stereocenters. The van der Waals surface area contributed by atoms with Gasteiger partial charge in [-0.25, -0.2) is 4.39 Å². The van der Waals surface area contributed by atoms with Gasteiger partial charge in [0.15, 0.2) is 0 Å². The average Bonchev–Trinajstić information content (AvgIpc) is 2.44. The van der Waals surface area contributed by atoms with Crippen molar-refractivity contribution in [3.8, 4) is 0 Å². The second-order valence-electron chi connectivity index (χ2n) is 4.05. The fourth-order valence-electron chi connectivity index (χ4n) is 1.67. The summed E-state index contributed by atoms with van der Waals surface area (Å²) in [7, 11) is 0. The first kappa shape index (κ1) is 14.6. The molecule has 0 saturated heterocycles. The lowest BCUT2D eigenvalue weighted by atomic mass is 10.2. The molecule has 0 aliphatic carbocycles. The van der Waals surface area contributed by atoms with Gasteiger partial charge < -0.3 is 5.32 Å². The van der Waals surface area contributed by atoms with E-state index in [4.69, 9.17) is 0 Å². The molecule has 2 aromatic carbocycles. The summed E-state index contributed by atoms with van der Waals surface area (Å²) in [5.74, 6) is 0.787. The van der Waals surface area contributed by atoms with Gasteiger partial charge in [-0.2, -0.15) is 0 Å². The molecule has 0 saturated carbocycles. The smallest absolute Gasteiger partial charge is 0.137 e. The van der Waals surface area contributed by atoms with E-state index in [0.29, 0.717) is 11.0 Å². The van der Waals surface area contributed by atoms with Crippen LogP contribution in [0.15, 0.2) is 57.9 Å². The van der Waals surface area contributed by atoms with Gasteiger partial charge in [-0.15, -0.1) is 11.8 Å². The van der Waals surface area contributed by atoms with Gasteiger partial charge >= 0.3 is 0 Å². The van der Waals surface area contributed by atoms with Crippen LogP contribution in [0, 0.1) is 5.82 Å². The zero-order chi connectivity index (χ0) is 13.5. The number of hydrogen-bond acceptors (Lipinski definition) is 2. The van der Waals surface area contributed by atoms with Crippen LogP contribution >= 0.6 is 27.7 Å². The van der Waals surface area contributed by atoms with Crippen molar-refractivity contribution >= 4 is 27.7 Å². The molecule has 4 heteroatoms. The van der Waals surface area contributed by atoms with Crippen molar-refractivity contribution in [3.63, 3.8) is 0 Å². The predicted molar refractivity (Wildman–Crippen MR) is 83.0 cm³/mol. The van der Waals surface area contributed by atoms with Crippen LogP contribution < -0.4 is 5.32 Å². The molecule has 0 aliphatic heterocycles. The summed E-state index contributed by atoms with van der Waals surface area (Å²) < 4.78 is 13.9. The van der Waals surface area contributed by atoms with E-state index in [2.05, 4.69) is 33.4 Å². The van der Waals surface area contributed by atoms with E-state index in [9.17, 15) is 4.39 Å². The van der Waals surface area contributed by atoms with Crippen molar-refractivity contribution < 1.29 is 4.39 Å². The molecule has 0 bridgehead atoms. The summed E-state index contributed by atoms with van der Waals surface area (Å²) in [6.07, 6.45) is 0. The van der Waals surface area contributed by atoms with Gasteiger partial charge in [0, 0.05) is 23.7 Å². The number of rotatable bonds is 6. The molecular weight excluding hydrogens is 325 g/mol. The number of halogens is 2. The Hall–Kier alpha value is -0.840. The fraction of sp³-hybridized carbons (Fsp3) is 0.200. The standard InChI is InChI=1S/C15H15BrFNS/c16-15-12(5-4-8-14(15)17)11-18-9-10-19-13-6-2-1-3-7-13/h1-8,18H,9-11H2. The van der Waals surface area contributed by atoms with E-state index in [1.54, 1.807) is 6.07 Å². The lowest BCUT2D eigenvalue weighted by molar-refractivity contribution is 0.614. The zero-order valence-electron chi connectivity index (χ0n) is 10.4. The SMILES string of the molecule is Fc1cccc(CNCCSc2ccccc2)c1Br. The van der Waals surface area contributed by atoms with Crippen LogP contribution in [0.2, 0.25) is 0 Å². The van der Waals surface area contributed by atoms with E-state index in [-0.39, 0.29) is 5.82 Å². The Balaban J connectivity index is 1.71. The van der Waals surface area contributed by atoms with E-state index >= 15 is 0 Å². The third-order valence-corrected chi connectivity index (χ3v) is 4.54. The maximum absolute atomic E-state index is 13.3. The normalized spacial score (nSPS) is 10.6. The number of benzene rings is 2. The lowest BCUT2D eigenvalue weighted by Crippen LogP contribution is -2.17. The Bertz CT molecular complexity index is 519. The first-order chi connectivity index (χ1) is 9.27. The van der Waals surface area contributed by atoms with Crippen molar-refractivity contribution in [1.82, 2.24) is 5.32 Å². The highest BCUT2D eigenvalue weighted by molar-refractivity contribution is 9.10. The van der Waals surface area contributed by atoms with Crippen molar-refractivity contribution in [1.29, 1.82) is 0 Å². The van der Waals surface area contributed by atoms with Crippen molar-refractivity contribution in [3.05, 3.63) is 64.4 Å². The Morgan fingerprint density at radius 2 is 1.84 bits per heavy atom. The molecule has 0 spiro atoms. The molecule has 19 heavy (non-hydrogen) atoms. The minimum absolute atomic E-state index is 0.210. The molecule has 1 N–H and O–H groups in total. The average molecular weight is 340 g/mol.